The van der Waals surface area contributed by atoms with Gasteiger partial charge in [-0.05, 0) is 92.4 Å². The fraction of sp³-hybridized carbons (Fsp3) is 0.517. The van der Waals surface area contributed by atoms with E-state index in [9.17, 15) is 9.59 Å². The van der Waals surface area contributed by atoms with Crippen LogP contribution in [0.4, 0.5) is 5.69 Å². The van der Waals surface area contributed by atoms with Crippen molar-refractivity contribution in [3.05, 3.63) is 52.6 Å². The first kappa shape index (κ1) is 25.7. The Bertz CT molecular complexity index is 1270. The predicted octanol–water partition coefficient (Wildman–Crippen LogP) is 2.44. The van der Waals surface area contributed by atoms with Gasteiger partial charge in [-0.2, -0.15) is 0 Å². The fourth-order valence-electron chi connectivity index (χ4n) is 6.80. The number of ether oxygens (including phenoxy) is 1. The maximum Gasteiger partial charge on any atom is 0.234 e. The van der Waals surface area contributed by atoms with Crippen LogP contribution in [-0.4, -0.2) is 48.2 Å². The number of Topliss-reactive ketones (excluding diaryl/α,β-unsaturated/α-hetero) is 1. The van der Waals surface area contributed by atoms with Gasteiger partial charge in [0.1, 0.15) is 11.3 Å². The van der Waals surface area contributed by atoms with Gasteiger partial charge in [0.2, 0.25) is 5.91 Å². The highest BCUT2D eigenvalue weighted by Crippen LogP contribution is 2.56. The smallest absolute Gasteiger partial charge is 0.234 e. The minimum atomic E-state index is -1.44. The summed E-state index contributed by atoms with van der Waals surface area (Å²) in [6.07, 6.45) is 6.70. The van der Waals surface area contributed by atoms with Gasteiger partial charge in [-0.15, -0.1) is 11.8 Å². The van der Waals surface area contributed by atoms with Crippen LogP contribution in [0.2, 0.25) is 0 Å². The van der Waals surface area contributed by atoms with Crippen LogP contribution in [0.15, 0.2) is 35.2 Å². The summed E-state index contributed by atoms with van der Waals surface area (Å²) in [5.41, 5.74) is 22.4. The zero-order valence-corrected chi connectivity index (χ0v) is 22.6. The van der Waals surface area contributed by atoms with Gasteiger partial charge in [0.25, 0.3) is 0 Å². The fourth-order valence-corrected chi connectivity index (χ4v) is 8.26. The monoisotopic (exact) mass is 535 g/mol. The summed E-state index contributed by atoms with van der Waals surface area (Å²) in [6.45, 7) is 3.66. The molecule has 2 heterocycles. The molecule has 6 rings (SSSR count). The lowest BCUT2D eigenvalue weighted by Gasteiger charge is -2.42. The zero-order chi connectivity index (χ0) is 26.6. The molecule has 202 valence electrons. The summed E-state index contributed by atoms with van der Waals surface area (Å²) in [4.78, 5) is 28.4. The number of nitrogen functional groups attached to an aromatic ring is 1. The molecule has 2 aliphatic carbocycles. The summed E-state index contributed by atoms with van der Waals surface area (Å²) in [5, 5.41) is 5.97. The van der Waals surface area contributed by atoms with Crippen LogP contribution in [0.3, 0.4) is 0 Å². The largest absolute Gasteiger partial charge is 0.490 e. The lowest BCUT2D eigenvalue weighted by molar-refractivity contribution is -0.126. The SMILES string of the molecule is Cc1cc(OC2CCCC2)ccc1C1(N)C(=O)C(N)C2c3c1ccc(N)c3SC2C(=O)NC1CCCNC1. The van der Waals surface area contributed by atoms with Crippen molar-refractivity contribution in [3.8, 4) is 5.75 Å². The molecule has 0 bridgehead atoms. The van der Waals surface area contributed by atoms with Gasteiger partial charge in [-0.25, -0.2) is 0 Å². The number of aryl methyl sites for hydroxylation is 1. The number of nitrogens with two attached hydrogens (primary N) is 3. The average molecular weight is 536 g/mol. The summed E-state index contributed by atoms with van der Waals surface area (Å²) in [7, 11) is 0. The summed E-state index contributed by atoms with van der Waals surface area (Å²) < 4.78 is 6.19. The highest BCUT2D eigenvalue weighted by Gasteiger charge is 2.57. The minimum Gasteiger partial charge on any atom is -0.490 e. The van der Waals surface area contributed by atoms with Crippen LogP contribution < -0.4 is 32.6 Å². The Balaban J connectivity index is 1.36. The molecule has 1 saturated carbocycles. The molecule has 2 aromatic rings. The van der Waals surface area contributed by atoms with Crippen LogP contribution >= 0.6 is 11.8 Å². The van der Waals surface area contributed by atoms with E-state index in [0.29, 0.717) is 16.8 Å². The van der Waals surface area contributed by atoms with Crippen molar-refractivity contribution in [2.75, 3.05) is 18.8 Å². The molecule has 0 radical (unpaired) electrons. The van der Waals surface area contributed by atoms with Gasteiger partial charge >= 0.3 is 0 Å². The third-order valence-corrected chi connectivity index (χ3v) is 10.2. The number of carbonyl (C=O) groups is 2. The highest BCUT2D eigenvalue weighted by atomic mass is 32.2. The molecule has 8 N–H and O–H groups in total. The molecule has 38 heavy (non-hydrogen) atoms. The van der Waals surface area contributed by atoms with Gasteiger partial charge in [-0.3, -0.25) is 9.59 Å². The van der Waals surface area contributed by atoms with Crippen LogP contribution in [0, 0.1) is 6.92 Å². The molecule has 1 amide bonds. The van der Waals surface area contributed by atoms with Crippen molar-refractivity contribution in [3.63, 3.8) is 0 Å². The van der Waals surface area contributed by atoms with Gasteiger partial charge in [0, 0.05) is 29.1 Å². The summed E-state index contributed by atoms with van der Waals surface area (Å²) in [5.74, 6) is -0.0794. The Morgan fingerprint density at radius 2 is 1.89 bits per heavy atom. The molecule has 2 fully saturated rings. The number of piperidine rings is 1. The first-order valence-corrected chi connectivity index (χ1v) is 14.6. The van der Waals surface area contributed by atoms with E-state index in [1.54, 1.807) is 6.07 Å². The molecule has 2 aliphatic heterocycles. The molecular weight excluding hydrogens is 498 g/mol. The molecule has 5 unspecified atom stereocenters. The predicted molar refractivity (Wildman–Crippen MR) is 149 cm³/mol. The number of hydrogen-bond acceptors (Lipinski definition) is 8. The van der Waals surface area contributed by atoms with E-state index in [2.05, 4.69) is 10.6 Å². The van der Waals surface area contributed by atoms with E-state index in [1.165, 1.54) is 24.6 Å². The van der Waals surface area contributed by atoms with Crippen molar-refractivity contribution >= 4 is 29.1 Å². The van der Waals surface area contributed by atoms with Gasteiger partial charge < -0.3 is 32.6 Å². The Kier molecular flexibility index (Phi) is 6.66. The van der Waals surface area contributed by atoms with Crippen LogP contribution in [0.1, 0.15) is 66.7 Å². The molecule has 9 heteroatoms. The Hall–Kier alpha value is -2.59. The first-order chi connectivity index (χ1) is 18.3. The molecule has 0 aromatic heterocycles. The molecule has 4 aliphatic rings. The third-order valence-electron chi connectivity index (χ3n) is 8.76. The number of carbonyl (C=O) groups excluding carboxylic acids is 2. The van der Waals surface area contributed by atoms with Crippen LogP contribution in [0.5, 0.6) is 5.75 Å². The molecule has 5 atom stereocenters. The van der Waals surface area contributed by atoms with Crippen molar-refractivity contribution in [1.29, 1.82) is 0 Å². The number of hydrogen-bond donors (Lipinski definition) is 5. The maximum atomic E-state index is 14.1. The van der Waals surface area contributed by atoms with Crippen LogP contribution in [-0.2, 0) is 15.1 Å². The van der Waals surface area contributed by atoms with Gasteiger partial charge in [0.15, 0.2) is 5.78 Å². The number of ketones is 1. The lowest BCUT2D eigenvalue weighted by Crippen LogP contribution is -2.61. The van der Waals surface area contributed by atoms with Gasteiger partial charge in [-0.1, -0.05) is 12.1 Å². The first-order valence-electron chi connectivity index (χ1n) is 13.8. The van der Waals surface area contributed by atoms with E-state index in [0.717, 1.165) is 60.5 Å². The molecule has 8 nitrogen and oxygen atoms in total. The minimum absolute atomic E-state index is 0.0640. The summed E-state index contributed by atoms with van der Waals surface area (Å²) >= 11 is 1.41. The number of anilines is 1. The standard InChI is InChI=1S/C29H37N5O3S/c1-15-13-18(37-17-6-2-3-7-17)8-9-19(15)29(32)20-10-11-21(30)25-22(20)23(24(31)27(29)35)26(38-25)28(36)34-16-5-4-12-33-14-16/h8-11,13,16-17,23-24,26,33H,2-7,12,14,30-32H2,1H3,(H,34,36). The van der Waals surface area contributed by atoms with E-state index >= 15 is 0 Å². The van der Waals surface area contributed by atoms with E-state index < -0.39 is 22.7 Å². The van der Waals surface area contributed by atoms with E-state index in [4.69, 9.17) is 21.9 Å². The zero-order valence-electron chi connectivity index (χ0n) is 21.8. The van der Waals surface area contributed by atoms with Crippen molar-refractivity contribution in [1.82, 2.24) is 10.6 Å². The average Bonchev–Trinajstić information content (AvgIpc) is 3.56. The number of amides is 1. The normalized spacial score (nSPS) is 30.8. The third kappa shape index (κ3) is 4.11. The molecule has 1 saturated heterocycles. The molecule has 2 aromatic carbocycles. The van der Waals surface area contributed by atoms with E-state index in [1.807, 2.05) is 31.2 Å². The van der Waals surface area contributed by atoms with Crippen molar-refractivity contribution < 1.29 is 14.3 Å². The van der Waals surface area contributed by atoms with Crippen LogP contribution in [0.25, 0.3) is 0 Å². The second-order valence-electron chi connectivity index (χ2n) is 11.3. The Labute approximate surface area is 227 Å². The van der Waals surface area contributed by atoms with Gasteiger partial charge in [0.05, 0.1) is 17.4 Å². The van der Waals surface area contributed by atoms with Crippen molar-refractivity contribution in [2.45, 2.75) is 85.2 Å². The van der Waals surface area contributed by atoms with E-state index in [-0.39, 0.29) is 23.8 Å². The number of nitrogens with one attached hydrogen (secondary N) is 2. The maximum absolute atomic E-state index is 14.1. The second kappa shape index (κ2) is 9.86. The molecule has 0 spiro atoms. The number of rotatable bonds is 5. The number of thioether (sulfide) groups is 1. The highest BCUT2D eigenvalue weighted by molar-refractivity contribution is 8.01. The Morgan fingerprint density at radius 3 is 2.61 bits per heavy atom. The topological polar surface area (TPSA) is 145 Å². The Morgan fingerprint density at radius 1 is 1.13 bits per heavy atom. The summed E-state index contributed by atoms with van der Waals surface area (Å²) in [6, 6.07) is 8.54. The second-order valence-corrected chi connectivity index (χ2v) is 12.4. The quantitative estimate of drug-likeness (QED) is 0.367. The van der Waals surface area contributed by atoms with Crippen molar-refractivity contribution in [2.24, 2.45) is 11.5 Å². The lowest BCUT2D eigenvalue weighted by atomic mass is 9.64. The number of benzene rings is 2. The molecular formula is C29H37N5O3S.